The van der Waals surface area contributed by atoms with Gasteiger partial charge in [-0.3, -0.25) is 10.1 Å². The Labute approximate surface area is 179 Å². The Kier molecular flexibility index (Phi) is 4.09. The lowest BCUT2D eigenvalue weighted by Crippen LogP contribution is -2.57. The van der Waals surface area contributed by atoms with Crippen molar-refractivity contribution in [2.45, 2.75) is 24.9 Å². The van der Waals surface area contributed by atoms with Crippen LogP contribution in [0.3, 0.4) is 0 Å². The van der Waals surface area contributed by atoms with E-state index in [1.54, 1.807) is 13.3 Å². The molecule has 3 aromatic heterocycles. The highest BCUT2D eigenvalue weighted by molar-refractivity contribution is 5.93. The first kappa shape index (κ1) is 18.5. The standard InChI is InChI=1S/C24H23N5O2/c1-31-19-10-18-23(27-22(19)17-7-3-5-14-4-2-6-16(14)17)21(29-28-18)15-8-9-20(26-11-15)24(30)12-25-13-24/h3,5,7-11,25,30H,2,4,6,12-13H2,1H3,(H,28,29). The Morgan fingerprint density at radius 1 is 1.10 bits per heavy atom. The number of aliphatic hydroxyl groups is 1. The number of H-pyrrole nitrogens is 1. The molecule has 7 nitrogen and oxygen atoms in total. The zero-order chi connectivity index (χ0) is 21.0. The van der Waals surface area contributed by atoms with Gasteiger partial charge in [0.2, 0.25) is 0 Å². The van der Waals surface area contributed by atoms with E-state index < -0.39 is 5.60 Å². The number of hydrogen-bond acceptors (Lipinski definition) is 6. The molecular weight excluding hydrogens is 390 g/mol. The number of aromatic amines is 1. The number of nitrogens with zero attached hydrogens (tertiary/aromatic N) is 3. The first-order valence-electron chi connectivity index (χ1n) is 10.6. The highest BCUT2D eigenvalue weighted by atomic mass is 16.5. The molecule has 1 saturated heterocycles. The van der Waals surface area contributed by atoms with Crippen molar-refractivity contribution in [1.29, 1.82) is 0 Å². The Morgan fingerprint density at radius 3 is 2.74 bits per heavy atom. The Bertz CT molecular complexity index is 1290. The van der Waals surface area contributed by atoms with Gasteiger partial charge in [-0.15, -0.1) is 0 Å². The van der Waals surface area contributed by atoms with Crippen LogP contribution >= 0.6 is 0 Å². The number of hydrogen-bond donors (Lipinski definition) is 3. The SMILES string of the molecule is COc1cc2[nH]nc(-c3ccc(C4(O)CNC4)nc3)c2nc1-c1cccc2c1CCC2. The predicted octanol–water partition coefficient (Wildman–Crippen LogP) is 2.98. The van der Waals surface area contributed by atoms with Gasteiger partial charge in [0.25, 0.3) is 0 Å². The van der Waals surface area contributed by atoms with Gasteiger partial charge >= 0.3 is 0 Å². The molecule has 6 rings (SSSR count). The monoisotopic (exact) mass is 413 g/mol. The van der Waals surface area contributed by atoms with E-state index in [4.69, 9.17) is 9.72 Å². The van der Waals surface area contributed by atoms with Gasteiger partial charge in [0.15, 0.2) is 0 Å². The first-order valence-corrected chi connectivity index (χ1v) is 10.6. The van der Waals surface area contributed by atoms with Crippen LogP contribution in [0.4, 0.5) is 0 Å². The molecule has 1 aliphatic carbocycles. The molecule has 0 spiro atoms. The van der Waals surface area contributed by atoms with E-state index in [1.807, 2.05) is 18.2 Å². The molecule has 0 atom stereocenters. The minimum atomic E-state index is -0.876. The van der Waals surface area contributed by atoms with Crippen molar-refractivity contribution in [3.8, 4) is 28.3 Å². The summed E-state index contributed by atoms with van der Waals surface area (Å²) < 4.78 is 5.70. The largest absolute Gasteiger partial charge is 0.494 e. The number of rotatable bonds is 4. The summed E-state index contributed by atoms with van der Waals surface area (Å²) in [5.41, 5.74) is 7.73. The number of benzene rings is 1. The van der Waals surface area contributed by atoms with Crippen LogP contribution in [0.15, 0.2) is 42.6 Å². The van der Waals surface area contributed by atoms with Crippen LogP contribution in [0.2, 0.25) is 0 Å². The summed E-state index contributed by atoms with van der Waals surface area (Å²) >= 11 is 0. The molecular formula is C24H23N5O2. The number of nitrogens with one attached hydrogen (secondary N) is 2. The highest BCUT2D eigenvalue weighted by Gasteiger charge is 2.37. The maximum Gasteiger partial charge on any atom is 0.147 e. The van der Waals surface area contributed by atoms with Crippen molar-refractivity contribution in [2.75, 3.05) is 20.2 Å². The molecule has 0 amide bonds. The summed E-state index contributed by atoms with van der Waals surface area (Å²) in [6.45, 7) is 1.05. The summed E-state index contributed by atoms with van der Waals surface area (Å²) in [7, 11) is 1.68. The first-order chi connectivity index (χ1) is 15.2. The lowest BCUT2D eigenvalue weighted by molar-refractivity contribution is -0.0185. The molecule has 4 aromatic rings. The third kappa shape index (κ3) is 2.85. The Morgan fingerprint density at radius 2 is 2.00 bits per heavy atom. The van der Waals surface area contributed by atoms with Gasteiger partial charge in [-0.05, 0) is 42.5 Å². The topological polar surface area (TPSA) is 96.0 Å². The van der Waals surface area contributed by atoms with Crippen molar-refractivity contribution in [3.05, 3.63) is 59.4 Å². The maximum absolute atomic E-state index is 10.5. The second-order valence-corrected chi connectivity index (χ2v) is 8.37. The Balaban J connectivity index is 1.47. The van der Waals surface area contributed by atoms with Crippen molar-refractivity contribution < 1.29 is 9.84 Å². The van der Waals surface area contributed by atoms with E-state index in [2.05, 4.69) is 38.7 Å². The van der Waals surface area contributed by atoms with Crippen LogP contribution in [0.25, 0.3) is 33.5 Å². The van der Waals surface area contributed by atoms with Crippen LogP contribution in [0, 0.1) is 0 Å². The summed E-state index contributed by atoms with van der Waals surface area (Å²) in [5, 5.41) is 21.2. The Hall–Kier alpha value is -3.29. The predicted molar refractivity (Wildman–Crippen MR) is 118 cm³/mol. The van der Waals surface area contributed by atoms with E-state index in [0.717, 1.165) is 52.1 Å². The molecule has 1 aromatic carbocycles. The minimum Gasteiger partial charge on any atom is -0.494 e. The van der Waals surface area contributed by atoms with E-state index in [9.17, 15) is 5.11 Å². The molecule has 4 heterocycles. The molecule has 2 aliphatic rings. The van der Waals surface area contributed by atoms with Gasteiger partial charge in [0.05, 0.1) is 18.3 Å². The number of aromatic nitrogens is 4. The average Bonchev–Trinajstić information content (AvgIpc) is 3.43. The van der Waals surface area contributed by atoms with E-state index in [1.165, 1.54) is 17.5 Å². The highest BCUT2D eigenvalue weighted by Crippen LogP contribution is 2.38. The maximum atomic E-state index is 10.5. The normalized spacial score (nSPS) is 16.8. The van der Waals surface area contributed by atoms with Gasteiger partial charge in [0.1, 0.15) is 28.3 Å². The van der Waals surface area contributed by atoms with Crippen LogP contribution < -0.4 is 10.1 Å². The lowest BCUT2D eigenvalue weighted by atomic mass is 9.92. The molecule has 156 valence electrons. The third-order valence-electron chi connectivity index (χ3n) is 6.47. The summed E-state index contributed by atoms with van der Waals surface area (Å²) in [4.78, 5) is 9.52. The number of pyridine rings is 2. The molecule has 1 fully saturated rings. The number of fused-ring (bicyclic) bond motifs is 2. The summed E-state index contributed by atoms with van der Waals surface area (Å²) in [6, 6.07) is 12.2. The fourth-order valence-electron chi connectivity index (χ4n) is 4.67. The summed E-state index contributed by atoms with van der Waals surface area (Å²) in [6.07, 6.45) is 5.11. The molecule has 3 N–H and O–H groups in total. The van der Waals surface area contributed by atoms with Crippen molar-refractivity contribution >= 4 is 11.0 Å². The average molecular weight is 413 g/mol. The number of aryl methyl sites for hydroxylation is 1. The zero-order valence-electron chi connectivity index (χ0n) is 17.3. The van der Waals surface area contributed by atoms with Crippen molar-refractivity contribution in [3.63, 3.8) is 0 Å². The van der Waals surface area contributed by atoms with Crippen LogP contribution in [-0.4, -0.2) is 45.5 Å². The molecule has 1 aliphatic heterocycles. The molecule has 7 heteroatoms. The van der Waals surface area contributed by atoms with Gasteiger partial charge < -0.3 is 15.2 Å². The second-order valence-electron chi connectivity index (χ2n) is 8.37. The number of β-amino-alcohol motifs (C(OH)–C–C–N with tert-alkyl or cyclic N) is 1. The van der Waals surface area contributed by atoms with E-state index in [-0.39, 0.29) is 0 Å². The smallest absolute Gasteiger partial charge is 0.147 e. The summed E-state index contributed by atoms with van der Waals surface area (Å²) in [5.74, 6) is 0.733. The fourth-order valence-corrected chi connectivity index (χ4v) is 4.67. The zero-order valence-corrected chi connectivity index (χ0v) is 17.3. The van der Waals surface area contributed by atoms with Crippen LogP contribution in [0.1, 0.15) is 23.2 Å². The molecule has 0 radical (unpaired) electrons. The van der Waals surface area contributed by atoms with Crippen LogP contribution in [-0.2, 0) is 18.4 Å². The molecule has 31 heavy (non-hydrogen) atoms. The lowest BCUT2D eigenvalue weighted by Gasteiger charge is -2.36. The van der Waals surface area contributed by atoms with E-state index in [0.29, 0.717) is 18.8 Å². The van der Waals surface area contributed by atoms with E-state index >= 15 is 0 Å². The van der Waals surface area contributed by atoms with Gasteiger partial charge in [0, 0.05) is 36.5 Å². The molecule has 0 saturated carbocycles. The number of methoxy groups -OCH3 is 1. The molecule has 0 unspecified atom stereocenters. The quantitative estimate of drug-likeness (QED) is 0.476. The second kappa shape index (κ2) is 6.87. The van der Waals surface area contributed by atoms with Crippen LogP contribution in [0.5, 0.6) is 5.75 Å². The molecule has 0 bridgehead atoms. The fraction of sp³-hybridized carbons (Fsp3) is 0.292. The number of ether oxygens (including phenoxy) is 1. The van der Waals surface area contributed by atoms with Crippen molar-refractivity contribution in [1.82, 2.24) is 25.5 Å². The van der Waals surface area contributed by atoms with Crippen molar-refractivity contribution in [2.24, 2.45) is 0 Å². The third-order valence-corrected chi connectivity index (χ3v) is 6.47. The van der Waals surface area contributed by atoms with Gasteiger partial charge in [-0.1, -0.05) is 18.2 Å². The van der Waals surface area contributed by atoms with Gasteiger partial charge in [-0.2, -0.15) is 5.10 Å². The minimum absolute atomic E-state index is 0.525. The van der Waals surface area contributed by atoms with Gasteiger partial charge in [-0.25, -0.2) is 4.98 Å².